The third kappa shape index (κ3) is 2.70. The Morgan fingerprint density at radius 2 is 2.15 bits per heavy atom. The van der Waals surface area contributed by atoms with Crippen molar-refractivity contribution in [2.75, 3.05) is 11.9 Å². The van der Waals surface area contributed by atoms with Crippen LogP contribution in [0, 0.1) is 0 Å². The zero-order valence-electron chi connectivity index (χ0n) is 14.7. The molecule has 0 fully saturated rings. The molecule has 4 aromatic heterocycles. The van der Waals surface area contributed by atoms with Crippen LogP contribution in [0.3, 0.4) is 0 Å². The fourth-order valence-corrected chi connectivity index (χ4v) is 6.09. The van der Waals surface area contributed by atoms with Gasteiger partial charge < -0.3 is 9.47 Å². The maximum Gasteiger partial charge on any atom is 0.291 e. The number of aryl methyl sites for hydroxylation is 1. The van der Waals surface area contributed by atoms with Crippen molar-refractivity contribution in [1.29, 1.82) is 0 Å². The van der Waals surface area contributed by atoms with Crippen molar-refractivity contribution in [2.24, 2.45) is 7.05 Å². The summed E-state index contributed by atoms with van der Waals surface area (Å²) in [6, 6.07) is 0. The summed E-state index contributed by atoms with van der Waals surface area (Å²) in [5.74, 6) is 1.07. The van der Waals surface area contributed by atoms with E-state index in [1.165, 1.54) is 16.0 Å². The number of hydrogen-bond acceptors (Lipinski definition) is 8. The van der Waals surface area contributed by atoms with Crippen LogP contribution < -0.4 is 10.5 Å². The van der Waals surface area contributed by atoms with Crippen molar-refractivity contribution in [3.05, 3.63) is 49.7 Å². The summed E-state index contributed by atoms with van der Waals surface area (Å²) in [5, 5.41) is 10.5. The molecule has 1 aliphatic heterocycles. The number of rotatable bonds is 4. The Morgan fingerprint density at radius 3 is 2.89 bits per heavy atom. The molecule has 0 radical (unpaired) electrons. The van der Waals surface area contributed by atoms with E-state index < -0.39 is 0 Å². The number of fused-ring (bicyclic) bond motifs is 3. The molecule has 4 aromatic rings. The summed E-state index contributed by atoms with van der Waals surface area (Å²) in [5.41, 5.74) is 3.58. The van der Waals surface area contributed by atoms with Gasteiger partial charge in [-0.05, 0) is 0 Å². The molecule has 7 nitrogen and oxygen atoms in total. The molecule has 10 heteroatoms. The second-order valence-electron chi connectivity index (χ2n) is 6.37. The number of anilines is 1. The Hall–Kier alpha value is -2.17. The zero-order chi connectivity index (χ0) is 18.5. The normalized spacial score (nSPS) is 16.4. The predicted molar refractivity (Wildman–Crippen MR) is 110 cm³/mol. The Kier molecular flexibility index (Phi) is 4.06. The molecule has 0 saturated heterocycles. The largest absolute Gasteiger partial charge is 0.347 e. The topological polar surface area (TPSA) is 68.8 Å². The lowest BCUT2D eigenvalue weighted by molar-refractivity contribution is 0.640. The van der Waals surface area contributed by atoms with E-state index in [-0.39, 0.29) is 10.9 Å². The monoisotopic (exact) mass is 416 g/mol. The number of thioether (sulfide) groups is 1. The van der Waals surface area contributed by atoms with Gasteiger partial charge in [-0.15, -0.1) is 22.7 Å². The van der Waals surface area contributed by atoms with E-state index in [1.807, 2.05) is 28.7 Å². The van der Waals surface area contributed by atoms with Gasteiger partial charge in [-0.2, -0.15) is 5.10 Å². The summed E-state index contributed by atoms with van der Waals surface area (Å²) in [6.45, 7) is 0.401. The second kappa shape index (κ2) is 6.47. The van der Waals surface area contributed by atoms with Gasteiger partial charge in [0.05, 0.1) is 34.2 Å². The van der Waals surface area contributed by atoms with Gasteiger partial charge in [-0.25, -0.2) is 14.6 Å². The highest BCUT2D eigenvalue weighted by atomic mass is 32.2. The number of nitrogens with zero attached hydrogens (tertiary/aromatic N) is 6. The highest BCUT2D eigenvalue weighted by Crippen LogP contribution is 2.48. The molecule has 0 bridgehead atoms. The van der Waals surface area contributed by atoms with Crippen LogP contribution >= 0.6 is 34.4 Å². The van der Waals surface area contributed by atoms with Crippen LogP contribution in [0.15, 0.2) is 38.4 Å². The molecule has 5 rings (SSSR count). The van der Waals surface area contributed by atoms with Crippen molar-refractivity contribution in [3.63, 3.8) is 0 Å². The van der Waals surface area contributed by atoms with Gasteiger partial charge in [0.15, 0.2) is 0 Å². The minimum absolute atomic E-state index is 0.0790. The van der Waals surface area contributed by atoms with Crippen LogP contribution in [0.5, 0.6) is 0 Å². The van der Waals surface area contributed by atoms with Gasteiger partial charge in [0.2, 0.25) is 0 Å². The van der Waals surface area contributed by atoms with Crippen LogP contribution in [0.4, 0.5) is 5.82 Å². The van der Waals surface area contributed by atoms with Gasteiger partial charge in [0.1, 0.15) is 16.3 Å². The standard InChI is InChI=1S/C17H16N6OS3/c1-21-13(5-10-8-25-9-19-10)27-15-11-6-20-23(7-12-18-3-4-26-12)17(24)14(11)22(2)16(15)21/h3-4,6,8-9,13H,5,7H2,1-2H3. The predicted octanol–water partition coefficient (Wildman–Crippen LogP) is 2.81. The summed E-state index contributed by atoms with van der Waals surface area (Å²) in [7, 11) is 4.04. The second-order valence-corrected chi connectivity index (χ2v) is 9.26. The average Bonchev–Trinajstić information content (AvgIpc) is 3.42. The Labute approximate surface area is 167 Å². The molecule has 0 aliphatic carbocycles. The molecule has 0 spiro atoms. The van der Waals surface area contributed by atoms with E-state index in [4.69, 9.17) is 0 Å². The van der Waals surface area contributed by atoms with E-state index in [0.717, 1.165) is 33.2 Å². The van der Waals surface area contributed by atoms with E-state index in [9.17, 15) is 4.79 Å². The van der Waals surface area contributed by atoms with Crippen LogP contribution in [0.25, 0.3) is 10.9 Å². The maximum atomic E-state index is 13.0. The fourth-order valence-electron chi connectivity index (χ4n) is 3.48. The maximum absolute atomic E-state index is 13.0. The van der Waals surface area contributed by atoms with Crippen molar-refractivity contribution in [3.8, 4) is 0 Å². The smallest absolute Gasteiger partial charge is 0.291 e. The average molecular weight is 417 g/mol. The number of thiazole rings is 2. The molecule has 1 atom stereocenters. The minimum Gasteiger partial charge on any atom is -0.347 e. The van der Waals surface area contributed by atoms with E-state index in [2.05, 4.69) is 32.4 Å². The lowest BCUT2D eigenvalue weighted by atomic mass is 10.3. The molecule has 138 valence electrons. The highest BCUT2D eigenvalue weighted by Gasteiger charge is 2.34. The van der Waals surface area contributed by atoms with E-state index >= 15 is 0 Å². The SMILES string of the molecule is CN1c2c(c3cnn(Cc4nccs4)c(=O)c3n2C)SC1Cc1cscn1. The number of aromatic nitrogens is 5. The summed E-state index contributed by atoms with van der Waals surface area (Å²) in [4.78, 5) is 25.1. The molecule has 5 heterocycles. The third-order valence-electron chi connectivity index (χ3n) is 4.77. The Balaban J connectivity index is 1.55. The van der Waals surface area contributed by atoms with Crippen molar-refractivity contribution < 1.29 is 0 Å². The Morgan fingerprint density at radius 1 is 1.26 bits per heavy atom. The van der Waals surface area contributed by atoms with Crippen molar-refractivity contribution >= 4 is 51.2 Å². The number of likely N-dealkylation sites (N-methyl/N-ethyl adjacent to an activating group) is 1. The molecule has 0 aromatic carbocycles. The van der Waals surface area contributed by atoms with Crippen molar-refractivity contribution in [2.45, 2.75) is 23.2 Å². The molecule has 27 heavy (non-hydrogen) atoms. The molecule has 1 unspecified atom stereocenters. The van der Waals surface area contributed by atoms with Crippen LogP contribution in [0.2, 0.25) is 0 Å². The minimum atomic E-state index is -0.0790. The van der Waals surface area contributed by atoms with Crippen molar-refractivity contribution in [1.82, 2.24) is 24.3 Å². The highest BCUT2D eigenvalue weighted by molar-refractivity contribution is 8.00. The first-order valence-electron chi connectivity index (χ1n) is 8.37. The molecule has 0 amide bonds. The van der Waals surface area contributed by atoms with Gasteiger partial charge in [0, 0.05) is 42.9 Å². The molecule has 1 aliphatic rings. The lowest BCUT2D eigenvalue weighted by Gasteiger charge is -2.22. The molecular formula is C17H16N6OS3. The quantitative estimate of drug-likeness (QED) is 0.510. The Bertz CT molecular complexity index is 1160. The third-order valence-corrected chi connectivity index (χ3v) is 7.57. The first kappa shape index (κ1) is 17.0. The summed E-state index contributed by atoms with van der Waals surface area (Å²) < 4.78 is 3.49. The van der Waals surface area contributed by atoms with Crippen LogP contribution in [-0.2, 0) is 20.0 Å². The fraction of sp³-hybridized carbons (Fsp3) is 0.294. The summed E-state index contributed by atoms with van der Waals surface area (Å²) >= 11 is 4.93. The van der Waals surface area contributed by atoms with Crippen LogP contribution in [-0.4, -0.2) is 36.7 Å². The lowest BCUT2D eigenvalue weighted by Crippen LogP contribution is -2.29. The van der Waals surface area contributed by atoms with Gasteiger partial charge in [-0.1, -0.05) is 11.8 Å². The van der Waals surface area contributed by atoms with E-state index in [1.54, 1.807) is 29.3 Å². The van der Waals surface area contributed by atoms with Gasteiger partial charge in [0.25, 0.3) is 5.56 Å². The summed E-state index contributed by atoms with van der Waals surface area (Å²) in [6.07, 6.45) is 4.43. The number of hydrogen-bond donors (Lipinski definition) is 0. The van der Waals surface area contributed by atoms with Gasteiger partial charge >= 0.3 is 0 Å². The molecule has 0 N–H and O–H groups in total. The molecule has 0 saturated carbocycles. The zero-order valence-corrected chi connectivity index (χ0v) is 17.1. The van der Waals surface area contributed by atoms with Gasteiger partial charge in [-0.3, -0.25) is 4.79 Å². The van der Waals surface area contributed by atoms with Crippen LogP contribution in [0.1, 0.15) is 10.7 Å². The van der Waals surface area contributed by atoms with E-state index in [0.29, 0.717) is 12.1 Å². The first-order chi connectivity index (χ1) is 13.1. The first-order valence-corrected chi connectivity index (χ1v) is 11.1. The molecular weight excluding hydrogens is 400 g/mol.